The van der Waals surface area contributed by atoms with Crippen molar-refractivity contribution in [3.8, 4) is 0 Å². The van der Waals surface area contributed by atoms with Gasteiger partial charge in [-0.2, -0.15) is 0 Å². The van der Waals surface area contributed by atoms with Gasteiger partial charge in [-0.3, -0.25) is 4.99 Å². The first-order valence-corrected chi connectivity index (χ1v) is 3.43. The van der Waals surface area contributed by atoms with E-state index in [2.05, 4.69) is 4.99 Å². The highest BCUT2D eigenvalue weighted by molar-refractivity contribution is 6.15. The number of aliphatic imine (C=N–C) groups is 1. The van der Waals surface area contributed by atoms with E-state index in [1.807, 2.05) is 31.2 Å². The largest absolute Gasteiger partial charge is 0.307 e. The molecule has 0 fully saturated rings. The normalized spacial score (nSPS) is 10.3. The first-order chi connectivity index (χ1) is 5.34. The lowest BCUT2D eigenvalue weighted by atomic mass is 10.2. The van der Waals surface area contributed by atoms with Crippen LogP contribution in [0.25, 0.3) is 0 Å². The van der Waals surface area contributed by atoms with Gasteiger partial charge in [0.15, 0.2) is 0 Å². The van der Waals surface area contributed by atoms with Crippen molar-refractivity contribution in [1.29, 1.82) is 5.41 Å². The third-order valence-corrected chi connectivity index (χ3v) is 1.40. The first kappa shape index (κ1) is 7.66. The SMILES string of the molecule is Cc1ccccc1/N=C\C=N. The van der Waals surface area contributed by atoms with Crippen LogP contribution in [0.5, 0.6) is 0 Å². The summed E-state index contributed by atoms with van der Waals surface area (Å²) in [5, 5.41) is 6.75. The van der Waals surface area contributed by atoms with E-state index in [1.165, 1.54) is 12.4 Å². The van der Waals surface area contributed by atoms with Gasteiger partial charge in [-0.05, 0) is 18.6 Å². The van der Waals surface area contributed by atoms with E-state index in [4.69, 9.17) is 5.41 Å². The van der Waals surface area contributed by atoms with Crippen LogP contribution in [0.3, 0.4) is 0 Å². The van der Waals surface area contributed by atoms with Gasteiger partial charge in [0, 0.05) is 12.4 Å². The third-order valence-electron chi connectivity index (χ3n) is 1.40. The predicted molar refractivity (Wildman–Crippen MR) is 48.1 cm³/mol. The zero-order chi connectivity index (χ0) is 8.10. The van der Waals surface area contributed by atoms with Gasteiger partial charge in [-0.1, -0.05) is 18.2 Å². The highest BCUT2D eigenvalue weighted by Crippen LogP contribution is 2.15. The van der Waals surface area contributed by atoms with Crippen LogP contribution in [0.15, 0.2) is 29.3 Å². The van der Waals surface area contributed by atoms with E-state index in [9.17, 15) is 0 Å². The van der Waals surface area contributed by atoms with E-state index in [0.717, 1.165) is 11.3 Å². The fourth-order valence-corrected chi connectivity index (χ4v) is 0.826. The summed E-state index contributed by atoms with van der Waals surface area (Å²) in [7, 11) is 0. The molecule has 0 bridgehead atoms. The molecular formula is C9H10N2. The highest BCUT2D eigenvalue weighted by Gasteiger charge is 1.89. The molecular weight excluding hydrogens is 136 g/mol. The summed E-state index contributed by atoms with van der Waals surface area (Å²) < 4.78 is 0. The van der Waals surface area contributed by atoms with Gasteiger partial charge in [-0.25, -0.2) is 0 Å². The summed E-state index contributed by atoms with van der Waals surface area (Å²) >= 11 is 0. The van der Waals surface area contributed by atoms with Crippen LogP contribution in [0.2, 0.25) is 0 Å². The molecule has 0 aliphatic carbocycles. The summed E-state index contributed by atoms with van der Waals surface area (Å²) in [6, 6.07) is 7.83. The molecule has 56 valence electrons. The van der Waals surface area contributed by atoms with Gasteiger partial charge >= 0.3 is 0 Å². The number of rotatable bonds is 2. The van der Waals surface area contributed by atoms with E-state index in [-0.39, 0.29) is 0 Å². The number of nitrogens with one attached hydrogen (secondary N) is 1. The Morgan fingerprint density at radius 1 is 1.36 bits per heavy atom. The summed E-state index contributed by atoms with van der Waals surface area (Å²) in [5.74, 6) is 0. The number of hydrogen-bond acceptors (Lipinski definition) is 2. The van der Waals surface area contributed by atoms with E-state index in [1.54, 1.807) is 0 Å². The molecule has 0 aliphatic rings. The van der Waals surface area contributed by atoms with Crippen LogP contribution in [0.1, 0.15) is 5.56 Å². The monoisotopic (exact) mass is 146 g/mol. The Morgan fingerprint density at radius 2 is 2.09 bits per heavy atom. The van der Waals surface area contributed by atoms with Gasteiger partial charge < -0.3 is 5.41 Å². The maximum absolute atomic E-state index is 6.75. The standard InChI is InChI=1S/C9H10N2/c1-8-4-2-3-5-9(8)11-7-6-10/h2-7,10H,1H3/b10-6?,11-7-. The Hall–Kier alpha value is -1.44. The van der Waals surface area contributed by atoms with Gasteiger partial charge in [0.25, 0.3) is 0 Å². The maximum atomic E-state index is 6.75. The predicted octanol–water partition coefficient (Wildman–Crippen LogP) is 2.35. The molecule has 2 nitrogen and oxygen atoms in total. The molecule has 11 heavy (non-hydrogen) atoms. The maximum Gasteiger partial charge on any atom is 0.0659 e. The van der Waals surface area contributed by atoms with E-state index < -0.39 is 0 Å². The van der Waals surface area contributed by atoms with Crippen LogP contribution in [0.4, 0.5) is 5.69 Å². The Morgan fingerprint density at radius 3 is 2.73 bits per heavy atom. The van der Waals surface area contributed by atoms with Crippen molar-refractivity contribution in [3.63, 3.8) is 0 Å². The Bertz CT molecular complexity index is 277. The minimum atomic E-state index is 0.927. The lowest BCUT2D eigenvalue weighted by Gasteiger charge is -1.95. The van der Waals surface area contributed by atoms with Crippen LogP contribution in [-0.4, -0.2) is 12.4 Å². The number of hydrogen-bond donors (Lipinski definition) is 1. The summed E-state index contributed by atoms with van der Waals surface area (Å²) in [6.07, 6.45) is 2.65. The average Bonchev–Trinajstić information content (AvgIpc) is 2.03. The molecule has 0 aromatic heterocycles. The zero-order valence-electron chi connectivity index (χ0n) is 6.41. The number of nitrogens with zero attached hydrogens (tertiary/aromatic N) is 1. The molecule has 0 aliphatic heterocycles. The third kappa shape index (κ3) is 2.00. The van der Waals surface area contributed by atoms with Crippen molar-refractivity contribution >= 4 is 18.1 Å². The van der Waals surface area contributed by atoms with E-state index in [0.29, 0.717) is 0 Å². The zero-order valence-corrected chi connectivity index (χ0v) is 6.41. The molecule has 0 saturated heterocycles. The second-order valence-electron chi connectivity index (χ2n) is 2.23. The molecule has 1 aromatic rings. The fraction of sp³-hybridized carbons (Fsp3) is 0.111. The van der Waals surface area contributed by atoms with Crippen molar-refractivity contribution in [2.24, 2.45) is 4.99 Å². The van der Waals surface area contributed by atoms with Gasteiger partial charge in [0.05, 0.1) is 5.69 Å². The minimum absolute atomic E-state index is 0.927. The van der Waals surface area contributed by atoms with Gasteiger partial charge in [-0.15, -0.1) is 0 Å². The first-order valence-electron chi connectivity index (χ1n) is 3.43. The summed E-state index contributed by atoms with van der Waals surface area (Å²) in [5.41, 5.74) is 2.06. The van der Waals surface area contributed by atoms with Gasteiger partial charge in [0.1, 0.15) is 0 Å². The Balaban J connectivity index is 2.94. The van der Waals surface area contributed by atoms with E-state index >= 15 is 0 Å². The Labute approximate surface area is 66.1 Å². The molecule has 0 amide bonds. The lowest BCUT2D eigenvalue weighted by molar-refractivity contribution is 1.41. The molecule has 1 rings (SSSR count). The van der Waals surface area contributed by atoms with Crippen molar-refractivity contribution in [1.82, 2.24) is 0 Å². The van der Waals surface area contributed by atoms with Crippen molar-refractivity contribution in [2.75, 3.05) is 0 Å². The van der Waals surface area contributed by atoms with Crippen molar-refractivity contribution < 1.29 is 0 Å². The molecule has 0 heterocycles. The molecule has 1 N–H and O–H groups in total. The van der Waals surface area contributed by atoms with Crippen LogP contribution < -0.4 is 0 Å². The quantitative estimate of drug-likeness (QED) is 0.622. The van der Waals surface area contributed by atoms with Crippen molar-refractivity contribution in [3.05, 3.63) is 29.8 Å². The molecule has 0 saturated carbocycles. The van der Waals surface area contributed by atoms with Crippen LogP contribution >= 0.6 is 0 Å². The molecule has 0 unspecified atom stereocenters. The number of aryl methyl sites for hydroxylation is 1. The van der Waals surface area contributed by atoms with Crippen molar-refractivity contribution in [2.45, 2.75) is 6.92 Å². The fourth-order valence-electron chi connectivity index (χ4n) is 0.826. The minimum Gasteiger partial charge on any atom is -0.307 e. The molecule has 1 aromatic carbocycles. The topological polar surface area (TPSA) is 36.2 Å². The number of para-hydroxylation sites is 1. The number of benzene rings is 1. The lowest BCUT2D eigenvalue weighted by Crippen LogP contribution is -1.75. The van der Waals surface area contributed by atoms with Crippen LogP contribution in [-0.2, 0) is 0 Å². The second-order valence-corrected chi connectivity index (χ2v) is 2.23. The Kier molecular flexibility index (Phi) is 2.55. The molecule has 0 atom stereocenters. The second kappa shape index (κ2) is 3.66. The summed E-state index contributed by atoms with van der Waals surface area (Å²) in [4.78, 5) is 4.06. The molecule has 0 spiro atoms. The summed E-state index contributed by atoms with van der Waals surface area (Å²) in [6.45, 7) is 2.00. The smallest absolute Gasteiger partial charge is 0.0659 e. The van der Waals surface area contributed by atoms with Gasteiger partial charge in [0.2, 0.25) is 0 Å². The average molecular weight is 146 g/mol. The molecule has 2 heteroatoms. The molecule has 0 radical (unpaired) electrons. The van der Waals surface area contributed by atoms with Crippen LogP contribution in [0, 0.1) is 12.3 Å². The highest BCUT2D eigenvalue weighted by atomic mass is 14.7.